The third-order valence-corrected chi connectivity index (χ3v) is 5.09. The van der Waals surface area contributed by atoms with Crippen LogP contribution in [0.25, 0.3) is 10.4 Å². The van der Waals surface area contributed by atoms with Crippen LogP contribution >= 0.6 is 0 Å². The number of nitrogens with one attached hydrogen (secondary N) is 1. The van der Waals surface area contributed by atoms with Crippen LogP contribution < -0.4 is 14.2 Å². The molecule has 0 aliphatic carbocycles. The zero-order valence-electron chi connectivity index (χ0n) is 14.1. The van der Waals surface area contributed by atoms with Crippen LogP contribution in [0.3, 0.4) is 0 Å². The monoisotopic (exact) mass is 356 g/mol. The highest BCUT2D eigenvalue weighted by molar-refractivity contribution is 7.84. The van der Waals surface area contributed by atoms with Crippen molar-refractivity contribution < 1.29 is 18.1 Å². The summed E-state index contributed by atoms with van der Waals surface area (Å²) >= 11 is 0. The van der Waals surface area contributed by atoms with Gasteiger partial charge in [-0.3, -0.25) is 0 Å². The molecule has 0 saturated heterocycles. The first-order valence-electron chi connectivity index (χ1n) is 7.54. The average molecular weight is 356 g/mol. The summed E-state index contributed by atoms with van der Waals surface area (Å²) < 4.78 is 40.0. The number of hydrogen-bond acceptors (Lipinski definition) is 4. The zero-order valence-corrected chi connectivity index (χ0v) is 14.9. The Morgan fingerprint density at radius 1 is 1.54 bits per heavy atom. The smallest absolute Gasteiger partial charge is 0.166 e. The van der Waals surface area contributed by atoms with Gasteiger partial charge in [-0.2, -0.15) is 0 Å². The lowest BCUT2D eigenvalue weighted by Crippen LogP contribution is -2.36. The Bertz CT molecular complexity index is 686. The minimum atomic E-state index is -1.32. The molecule has 1 aliphatic rings. The van der Waals surface area contributed by atoms with Crippen LogP contribution in [0.5, 0.6) is 11.5 Å². The van der Waals surface area contributed by atoms with E-state index in [1.54, 1.807) is 6.92 Å². The van der Waals surface area contributed by atoms with Crippen molar-refractivity contribution in [2.45, 2.75) is 44.6 Å². The summed E-state index contributed by atoms with van der Waals surface area (Å²) in [6, 6.07) is 2.16. The highest BCUT2D eigenvalue weighted by Gasteiger charge is 2.28. The average Bonchev–Trinajstić information content (AvgIpc) is 2.51. The Labute approximate surface area is 142 Å². The first kappa shape index (κ1) is 18.5. The lowest BCUT2D eigenvalue weighted by atomic mass is 10.1. The van der Waals surface area contributed by atoms with Crippen molar-refractivity contribution in [1.82, 2.24) is 4.72 Å². The molecule has 0 amide bonds. The maximum atomic E-state index is 13.9. The molecule has 24 heavy (non-hydrogen) atoms. The van der Waals surface area contributed by atoms with Gasteiger partial charge in [-0.15, -0.1) is 0 Å². The van der Waals surface area contributed by atoms with Crippen LogP contribution in [-0.4, -0.2) is 28.2 Å². The van der Waals surface area contributed by atoms with E-state index in [-0.39, 0.29) is 18.9 Å². The van der Waals surface area contributed by atoms with Gasteiger partial charge in [-0.05, 0) is 39.3 Å². The predicted octanol–water partition coefficient (Wildman–Crippen LogP) is 3.39. The van der Waals surface area contributed by atoms with Gasteiger partial charge in [-0.25, -0.2) is 13.3 Å². The highest BCUT2D eigenvalue weighted by Crippen LogP contribution is 2.39. The number of rotatable bonds is 5. The minimum Gasteiger partial charge on any atom is -0.486 e. The number of nitrogens with zero attached hydrogens (tertiary/aromatic N) is 3. The van der Waals surface area contributed by atoms with E-state index in [2.05, 4.69) is 14.7 Å². The van der Waals surface area contributed by atoms with Gasteiger partial charge in [0, 0.05) is 22.6 Å². The largest absolute Gasteiger partial charge is 0.486 e. The SMILES string of the molecule is C[C@@H](N[S@](=O)C(C)(C)C)c1cc(F)cc2c1O[C@H](CN=[N+]=[N-])CO2. The number of halogens is 1. The van der Waals surface area contributed by atoms with Crippen molar-refractivity contribution in [3.05, 3.63) is 34.0 Å². The van der Waals surface area contributed by atoms with Crippen molar-refractivity contribution in [3.8, 4) is 11.5 Å². The first-order valence-corrected chi connectivity index (χ1v) is 8.69. The Morgan fingerprint density at radius 3 is 2.88 bits per heavy atom. The van der Waals surface area contributed by atoms with E-state index in [4.69, 9.17) is 15.0 Å². The summed E-state index contributed by atoms with van der Waals surface area (Å²) in [6.45, 7) is 7.60. The van der Waals surface area contributed by atoms with Crippen molar-refractivity contribution >= 4 is 11.0 Å². The van der Waals surface area contributed by atoms with Crippen molar-refractivity contribution in [2.75, 3.05) is 13.2 Å². The molecule has 132 valence electrons. The van der Waals surface area contributed by atoms with Gasteiger partial charge in [0.2, 0.25) is 0 Å². The summed E-state index contributed by atoms with van der Waals surface area (Å²) in [6.07, 6.45) is -0.446. The van der Waals surface area contributed by atoms with Crippen LogP contribution in [0.15, 0.2) is 17.2 Å². The fourth-order valence-corrected chi connectivity index (χ4v) is 2.95. The molecule has 0 bridgehead atoms. The number of fused-ring (bicyclic) bond motifs is 1. The Morgan fingerprint density at radius 2 is 2.25 bits per heavy atom. The van der Waals surface area contributed by atoms with E-state index in [9.17, 15) is 8.60 Å². The molecule has 0 saturated carbocycles. The minimum absolute atomic E-state index is 0.114. The molecule has 0 unspecified atom stereocenters. The summed E-state index contributed by atoms with van der Waals surface area (Å²) in [5, 5.41) is 3.48. The lowest BCUT2D eigenvalue weighted by molar-refractivity contribution is 0.0945. The second-order valence-electron chi connectivity index (χ2n) is 6.51. The van der Waals surface area contributed by atoms with Gasteiger partial charge in [0.15, 0.2) is 11.5 Å². The van der Waals surface area contributed by atoms with E-state index >= 15 is 0 Å². The zero-order chi connectivity index (χ0) is 17.9. The molecule has 0 radical (unpaired) electrons. The number of azide groups is 1. The van der Waals surface area contributed by atoms with Crippen LogP contribution in [0, 0.1) is 5.82 Å². The van der Waals surface area contributed by atoms with Gasteiger partial charge in [0.25, 0.3) is 0 Å². The number of hydrogen-bond donors (Lipinski definition) is 1. The fraction of sp³-hybridized carbons (Fsp3) is 0.600. The molecule has 0 fully saturated rings. The second kappa shape index (κ2) is 7.38. The molecule has 1 N–H and O–H groups in total. The van der Waals surface area contributed by atoms with Gasteiger partial charge in [-0.1, -0.05) is 5.11 Å². The number of benzene rings is 1. The lowest BCUT2D eigenvalue weighted by Gasteiger charge is -2.30. The van der Waals surface area contributed by atoms with E-state index in [0.29, 0.717) is 11.3 Å². The Hall–Kier alpha value is -1.83. The normalized spacial score (nSPS) is 19.3. The van der Waals surface area contributed by atoms with Gasteiger partial charge < -0.3 is 9.47 Å². The summed E-state index contributed by atoms with van der Waals surface area (Å²) in [5.41, 5.74) is 8.92. The molecule has 7 nitrogen and oxygen atoms in total. The molecule has 1 aromatic rings. The van der Waals surface area contributed by atoms with Gasteiger partial charge in [0.05, 0.1) is 22.3 Å². The first-order chi connectivity index (χ1) is 11.2. The Balaban J connectivity index is 2.28. The van der Waals surface area contributed by atoms with Crippen molar-refractivity contribution in [2.24, 2.45) is 5.11 Å². The van der Waals surface area contributed by atoms with Crippen LogP contribution in [-0.2, 0) is 11.0 Å². The van der Waals surface area contributed by atoms with E-state index in [0.717, 1.165) is 0 Å². The molecule has 1 aromatic carbocycles. The third kappa shape index (κ3) is 4.37. The quantitative estimate of drug-likeness (QED) is 0.497. The predicted molar refractivity (Wildman–Crippen MR) is 89.8 cm³/mol. The molecule has 1 aliphatic heterocycles. The summed E-state index contributed by atoms with van der Waals surface area (Å²) in [5.74, 6) is 0.208. The topological polar surface area (TPSA) is 96.3 Å². The molecular formula is C15H21FN4O3S. The molecular weight excluding hydrogens is 335 g/mol. The van der Waals surface area contributed by atoms with Crippen molar-refractivity contribution in [1.29, 1.82) is 0 Å². The fourth-order valence-electron chi connectivity index (χ4n) is 2.15. The summed E-state index contributed by atoms with van der Waals surface area (Å²) in [4.78, 5) is 2.70. The molecule has 0 aromatic heterocycles. The van der Waals surface area contributed by atoms with E-state index in [1.165, 1.54) is 12.1 Å². The standard InChI is InChI=1S/C15H21FN4O3S/c1-9(19-24(21)15(2,3)4)12-5-10(16)6-13-14(12)23-11(8-22-13)7-18-20-17/h5-6,9,11,19H,7-8H2,1-4H3/t9-,11-,24-/m1/s1. The van der Waals surface area contributed by atoms with Crippen LogP contribution in [0.4, 0.5) is 4.39 Å². The van der Waals surface area contributed by atoms with E-state index in [1.807, 2.05) is 20.8 Å². The molecule has 9 heteroatoms. The van der Waals surface area contributed by atoms with Gasteiger partial charge >= 0.3 is 0 Å². The highest BCUT2D eigenvalue weighted by atomic mass is 32.2. The third-order valence-electron chi connectivity index (χ3n) is 3.41. The van der Waals surface area contributed by atoms with Crippen molar-refractivity contribution in [3.63, 3.8) is 0 Å². The Kier molecular flexibility index (Phi) is 5.69. The van der Waals surface area contributed by atoms with Crippen LogP contribution in [0.2, 0.25) is 0 Å². The summed E-state index contributed by atoms with van der Waals surface area (Å²) in [7, 11) is -1.32. The number of ether oxygens (including phenoxy) is 2. The van der Waals surface area contributed by atoms with Gasteiger partial charge in [0.1, 0.15) is 18.5 Å². The van der Waals surface area contributed by atoms with E-state index < -0.39 is 33.7 Å². The molecule has 2 rings (SSSR count). The second-order valence-corrected chi connectivity index (χ2v) is 8.51. The molecule has 0 spiro atoms. The molecule has 3 atom stereocenters. The maximum absolute atomic E-state index is 13.9. The maximum Gasteiger partial charge on any atom is 0.166 e. The van der Waals surface area contributed by atoms with Crippen LogP contribution in [0.1, 0.15) is 39.3 Å². The molecule has 1 heterocycles.